The number of hydrogen-bond donors (Lipinski definition) is 3. The average molecular weight is 512 g/mol. The normalized spacial score (nSPS) is 15.3. The van der Waals surface area contributed by atoms with Crippen LogP contribution in [0.5, 0.6) is 11.5 Å². The van der Waals surface area contributed by atoms with Crippen LogP contribution in [0.1, 0.15) is 13.3 Å². The first kappa shape index (κ1) is 25.1. The van der Waals surface area contributed by atoms with Crippen LogP contribution in [0.15, 0.2) is 71.8 Å². The standard InChI is InChI=1S/C25H29N5O5S/c1-3-35-21-10-7-18(8-11-21)29-36(32,33)23-16-19(9-12-22(23)34-2)27-25(31)28-20-13-15-30(17-20)24-6-4-5-14-26-24/h4-12,14,16,20,29H,3,13,15,17H2,1-2H3,(H2,27,28,31). The van der Waals surface area contributed by atoms with E-state index in [4.69, 9.17) is 9.47 Å². The minimum atomic E-state index is -4.00. The molecule has 1 atom stereocenters. The van der Waals surface area contributed by atoms with Crippen molar-refractivity contribution < 1.29 is 22.7 Å². The number of pyridine rings is 1. The lowest BCUT2D eigenvalue weighted by molar-refractivity contribution is 0.249. The molecule has 10 nitrogen and oxygen atoms in total. The summed E-state index contributed by atoms with van der Waals surface area (Å²) in [5.41, 5.74) is 0.690. The van der Waals surface area contributed by atoms with E-state index in [0.29, 0.717) is 30.3 Å². The molecule has 2 aromatic carbocycles. The lowest BCUT2D eigenvalue weighted by Gasteiger charge is -2.18. The maximum atomic E-state index is 13.1. The molecule has 2 amide bonds. The Morgan fingerprint density at radius 2 is 1.89 bits per heavy atom. The zero-order valence-corrected chi connectivity index (χ0v) is 20.9. The number of ether oxygens (including phenoxy) is 2. The van der Waals surface area contributed by atoms with Crippen LogP contribution in [-0.4, -0.2) is 52.3 Å². The van der Waals surface area contributed by atoms with Gasteiger partial charge in [0.25, 0.3) is 10.0 Å². The second-order valence-electron chi connectivity index (χ2n) is 8.15. The van der Waals surface area contributed by atoms with Gasteiger partial charge in [-0.2, -0.15) is 0 Å². The van der Waals surface area contributed by atoms with Crippen molar-refractivity contribution in [2.75, 3.05) is 41.7 Å². The van der Waals surface area contributed by atoms with Crippen molar-refractivity contribution in [3.63, 3.8) is 0 Å². The molecule has 0 aliphatic carbocycles. The summed E-state index contributed by atoms with van der Waals surface area (Å²) in [4.78, 5) is 19.0. The third-order valence-electron chi connectivity index (χ3n) is 5.63. The van der Waals surface area contributed by atoms with Gasteiger partial charge in [0.2, 0.25) is 0 Å². The Hall–Kier alpha value is -3.99. The number of sulfonamides is 1. The van der Waals surface area contributed by atoms with Gasteiger partial charge in [-0.3, -0.25) is 4.72 Å². The minimum Gasteiger partial charge on any atom is -0.495 e. The maximum Gasteiger partial charge on any atom is 0.319 e. The molecule has 1 fully saturated rings. The zero-order valence-electron chi connectivity index (χ0n) is 20.1. The van der Waals surface area contributed by atoms with Crippen LogP contribution in [0.3, 0.4) is 0 Å². The number of aromatic nitrogens is 1. The highest BCUT2D eigenvalue weighted by atomic mass is 32.2. The number of nitrogens with one attached hydrogen (secondary N) is 3. The summed E-state index contributed by atoms with van der Waals surface area (Å²) >= 11 is 0. The van der Waals surface area contributed by atoms with Gasteiger partial charge in [-0.15, -0.1) is 0 Å². The van der Waals surface area contributed by atoms with Gasteiger partial charge in [0, 0.05) is 36.7 Å². The highest BCUT2D eigenvalue weighted by Gasteiger charge is 2.25. The molecule has 11 heteroatoms. The summed E-state index contributed by atoms with van der Waals surface area (Å²) in [6, 6.07) is 16.3. The fraction of sp³-hybridized carbons (Fsp3) is 0.280. The second-order valence-corrected chi connectivity index (χ2v) is 9.80. The summed E-state index contributed by atoms with van der Waals surface area (Å²) in [5, 5.41) is 5.67. The molecule has 0 radical (unpaired) electrons. The number of methoxy groups -OCH3 is 1. The van der Waals surface area contributed by atoms with E-state index in [1.807, 2.05) is 25.1 Å². The zero-order chi connectivity index (χ0) is 25.5. The number of amides is 2. The SMILES string of the molecule is CCOc1ccc(NS(=O)(=O)c2cc(NC(=O)NC3CCN(c4ccccn4)C3)ccc2OC)cc1. The Bertz CT molecular complexity index is 1290. The molecule has 4 rings (SSSR count). The molecule has 0 bridgehead atoms. The number of benzene rings is 2. The van der Waals surface area contributed by atoms with Crippen LogP contribution in [0, 0.1) is 0 Å². The number of hydrogen-bond acceptors (Lipinski definition) is 7. The quantitative estimate of drug-likeness (QED) is 0.401. The second kappa shape index (κ2) is 11.2. The predicted octanol–water partition coefficient (Wildman–Crippen LogP) is 3.69. The number of urea groups is 1. The van der Waals surface area contributed by atoms with Gasteiger partial charge >= 0.3 is 6.03 Å². The van der Waals surface area contributed by atoms with Gasteiger partial charge in [-0.25, -0.2) is 18.2 Å². The van der Waals surface area contributed by atoms with Gasteiger partial charge in [0.1, 0.15) is 22.2 Å². The summed E-state index contributed by atoms with van der Waals surface area (Å²) < 4.78 is 39.4. The summed E-state index contributed by atoms with van der Waals surface area (Å²) in [5.74, 6) is 1.66. The van der Waals surface area contributed by atoms with Gasteiger partial charge < -0.3 is 25.0 Å². The van der Waals surface area contributed by atoms with Crippen molar-refractivity contribution in [3.05, 3.63) is 66.9 Å². The number of anilines is 3. The molecule has 3 N–H and O–H groups in total. The highest BCUT2D eigenvalue weighted by molar-refractivity contribution is 7.92. The molecular formula is C25H29N5O5S. The van der Waals surface area contributed by atoms with Crippen molar-refractivity contribution in [2.24, 2.45) is 0 Å². The molecule has 190 valence electrons. The molecule has 1 unspecified atom stereocenters. The maximum absolute atomic E-state index is 13.1. The molecule has 2 heterocycles. The van der Waals surface area contributed by atoms with Crippen molar-refractivity contribution in [3.8, 4) is 11.5 Å². The van der Waals surface area contributed by atoms with Gasteiger partial charge in [0.05, 0.1) is 13.7 Å². The van der Waals surface area contributed by atoms with Crippen molar-refractivity contribution in [1.82, 2.24) is 10.3 Å². The topological polar surface area (TPSA) is 122 Å². The van der Waals surface area contributed by atoms with Crippen LogP contribution in [-0.2, 0) is 10.0 Å². The fourth-order valence-corrected chi connectivity index (χ4v) is 5.19. The Balaban J connectivity index is 1.42. The first-order chi connectivity index (χ1) is 17.4. The van der Waals surface area contributed by atoms with Gasteiger partial charge in [-0.1, -0.05) is 6.07 Å². The number of carbonyl (C=O) groups excluding carboxylic acids is 1. The van der Waals surface area contributed by atoms with E-state index in [-0.39, 0.29) is 16.7 Å². The molecule has 1 aliphatic heterocycles. The van der Waals surface area contributed by atoms with E-state index in [1.54, 1.807) is 36.5 Å². The van der Waals surface area contributed by atoms with E-state index >= 15 is 0 Å². The smallest absolute Gasteiger partial charge is 0.319 e. The van der Waals surface area contributed by atoms with Gasteiger partial charge in [-0.05, 0) is 67.9 Å². The molecule has 0 spiro atoms. The van der Waals surface area contributed by atoms with E-state index in [1.165, 1.54) is 19.2 Å². The Morgan fingerprint density at radius 3 is 2.58 bits per heavy atom. The molecule has 1 saturated heterocycles. The van der Waals surface area contributed by atoms with E-state index in [2.05, 4.69) is 25.2 Å². The summed E-state index contributed by atoms with van der Waals surface area (Å²) in [6.45, 7) is 3.80. The molecule has 0 saturated carbocycles. The first-order valence-corrected chi connectivity index (χ1v) is 13.0. The monoisotopic (exact) mass is 511 g/mol. The summed E-state index contributed by atoms with van der Waals surface area (Å²) in [7, 11) is -2.61. The van der Waals surface area contributed by atoms with Crippen LogP contribution in [0.2, 0.25) is 0 Å². The van der Waals surface area contributed by atoms with Crippen molar-refractivity contribution in [1.29, 1.82) is 0 Å². The molecule has 1 aliphatic rings. The Morgan fingerprint density at radius 1 is 1.11 bits per heavy atom. The third-order valence-corrected chi connectivity index (χ3v) is 7.03. The Labute approximate surface area is 210 Å². The van der Waals surface area contributed by atoms with Crippen LogP contribution in [0.25, 0.3) is 0 Å². The largest absolute Gasteiger partial charge is 0.495 e. The van der Waals surface area contributed by atoms with Crippen molar-refractivity contribution in [2.45, 2.75) is 24.3 Å². The molecular weight excluding hydrogens is 482 g/mol. The third kappa shape index (κ3) is 6.16. The van der Waals surface area contributed by atoms with Gasteiger partial charge in [0.15, 0.2) is 0 Å². The van der Waals surface area contributed by atoms with E-state index in [0.717, 1.165) is 18.8 Å². The minimum absolute atomic E-state index is 0.0604. The van der Waals surface area contributed by atoms with E-state index in [9.17, 15) is 13.2 Å². The van der Waals surface area contributed by atoms with Crippen molar-refractivity contribution >= 4 is 33.2 Å². The van der Waals surface area contributed by atoms with E-state index < -0.39 is 16.1 Å². The van der Waals surface area contributed by atoms with Crippen LogP contribution in [0.4, 0.5) is 22.0 Å². The molecule has 3 aromatic rings. The highest BCUT2D eigenvalue weighted by Crippen LogP contribution is 2.29. The lowest BCUT2D eigenvalue weighted by atomic mass is 10.2. The lowest BCUT2D eigenvalue weighted by Crippen LogP contribution is -2.39. The Kier molecular flexibility index (Phi) is 7.79. The summed E-state index contributed by atoms with van der Waals surface area (Å²) in [6.07, 6.45) is 2.51. The predicted molar refractivity (Wildman–Crippen MR) is 138 cm³/mol. The van der Waals surface area contributed by atoms with Crippen LogP contribution < -0.4 is 29.7 Å². The molecule has 36 heavy (non-hydrogen) atoms. The number of nitrogens with zero attached hydrogens (tertiary/aromatic N) is 2. The molecule has 1 aromatic heterocycles. The fourth-order valence-electron chi connectivity index (χ4n) is 3.94. The van der Waals surface area contributed by atoms with Crippen LogP contribution >= 0.6 is 0 Å². The average Bonchev–Trinajstić information content (AvgIpc) is 3.34. The number of rotatable bonds is 9. The first-order valence-electron chi connectivity index (χ1n) is 11.5. The number of carbonyl (C=O) groups is 1.